The van der Waals surface area contributed by atoms with Crippen LogP contribution in [0.3, 0.4) is 0 Å². The molecule has 0 N–H and O–H groups in total. The molecule has 0 saturated heterocycles. The zero-order valence-corrected chi connectivity index (χ0v) is 18.0. The molecule has 0 spiro atoms. The standard InChI is InChI=1S/C24H33NO4/c1-5-25(19(2)18-20-12-14-21(27-3)15-13-20)16-8-9-17-29-24(26)22-10-6-7-11-23(22)28-4/h6-7,10-15,19H,5,8-9,16-18H2,1-4H3. The fraction of sp³-hybridized carbons (Fsp3) is 0.458. The van der Waals surface area contributed by atoms with E-state index in [9.17, 15) is 4.79 Å². The first-order valence-electron chi connectivity index (χ1n) is 10.3. The number of unbranched alkanes of at least 4 members (excludes halogenated alkanes) is 1. The van der Waals surface area contributed by atoms with Crippen molar-refractivity contribution in [2.75, 3.05) is 33.9 Å². The van der Waals surface area contributed by atoms with Crippen LogP contribution in [0.4, 0.5) is 0 Å². The summed E-state index contributed by atoms with van der Waals surface area (Å²) < 4.78 is 15.9. The van der Waals surface area contributed by atoms with Crippen LogP contribution >= 0.6 is 0 Å². The SMILES string of the molecule is CCN(CCCCOC(=O)c1ccccc1OC)C(C)Cc1ccc(OC)cc1. The minimum absolute atomic E-state index is 0.331. The van der Waals surface area contributed by atoms with Crippen LogP contribution in [0, 0.1) is 0 Å². The van der Waals surface area contributed by atoms with Gasteiger partial charge < -0.3 is 19.1 Å². The number of para-hydroxylation sites is 1. The first-order chi connectivity index (χ1) is 14.1. The molecule has 29 heavy (non-hydrogen) atoms. The van der Waals surface area contributed by atoms with Crippen LogP contribution in [0.15, 0.2) is 48.5 Å². The summed E-state index contributed by atoms with van der Waals surface area (Å²) >= 11 is 0. The fourth-order valence-electron chi connectivity index (χ4n) is 3.39. The molecule has 0 heterocycles. The first kappa shape index (κ1) is 22.8. The number of carbonyl (C=O) groups is 1. The van der Waals surface area contributed by atoms with Gasteiger partial charge in [0, 0.05) is 6.04 Å². The smallest absolute Gasteiger partial charge is 0.341 e. The van der Waals surface area contributed by atoms with Gasteiger partial charge in [-0.2, -0.15) is 0 Å². The number of hydrogen-bond acceptors (Lipinski definition) is 5. The average Bonchev–Trinajstić information content (AvgIpc) is 2.76. The van der Waals surface area contributed by atoms with Gasteiger partial charge in [0.15, 0.2) is 0 Å². The molecule has 5 heteroatoms. The number of hydrogen-bond donors (Lipinski definition) is 0. The summed E-state index contributed by atoms with van der Waals surface area (Å²) in [4.78, 5) is 14.7. The molecule has 2 rings (SSSR count). The third-order valence-corrected chi connectivity index (χ3v) is 5.12. The van der Waals surface area contributed by atoms with Crippen molar-refractivity contribution < 1.29 is 19.0 Å². The second-order valence-corrected chi connectivity index (χ2v) is 7.07. The van der Waals surface area contributed by atoms with Gasteiger partial charge in [0.1, 0.15) is 17.1 Å². The summed E-state index contributed by atoms with van der Waals surface area (Å²) in [5.41, 5.74) is 1.78. The van der Waals surface area contributed by atoms with Gasteiger partial charge in [-0.25, -0.2) is 4.79 Å². The summed E-state index contributed by atoms with van der Waals surface area (Å²) in [6.45, 7) is 6.85. The molecule has 0 fully saturated rings. The lowest BCUT2D eigenvalue weighted by Gasteiger charge is -2.28. The molecular formula is C24H33NO4. The Morgan fingerprint density at radius 2 is 1.72 bits per heavy atom. The Bertz CT molecular complexity index is 745. The van der Waals surface area contributed by atoms with E-state index in [1.54, 1.807) is 26.4 Å². The van der Waals surface area contributed by atoms with Crippen LogP contribution in [0.5, 0.6) is 11.5 Å². The van der Waals surface area contributed by atoms with Gasteiger partial charge in [-0.15, -0.1) is 0 Å². The summed E-state index contributed by atoms with van der Waals surface area (Å²) in [5.74, 6) is 1.10. The van der Waals surface area contributed by atoms with Crippen molar-refractivity contribution in [3.8, 4) is 11.5 Å². The quantitative estimate of drug-likeness (QED) is 0.386. The fourth-order valence-corrected chi connectivity index (χ4v) is 3.39. The second kappa shape index (κ2) is 12.1. The number of carbonyl (C=O) groups excluding carboxylic acids is 1. The number of rotatable bonds is 12. The highest BCUT2D eigenvalue weighted by Gasteiger charge is 2.14. The van der Waals surface area contributed by atoms with E-state index in [-0.39, 0.29) is 5.97 Å². The van der Waals surface area contributed by atoms with Gasteiger partial charge in [0.2, 0.25) is 0 Å². The highest BCUT2D eigenvalue weighted by Crippen LogP contribution is 2.18. The van der Waals surface area contributed by atoms with Crippen LogP contribution in [-0.2, 0) is 11.2 Å². The van der Waals surface area contributed by atoms with Crippen LogP contribution in [0.2, 0.25) is 0 Å². The van der Waals surface area contributed by atoms with Crippen molar-refractivity contribution in [2.24, 2.45) is 0 Å². The highest BCUT2D eigenvalue weighted by atomic mass is 16.5. The Morgan fingerprint density at radius 3 is 2.38 bits per heavy atom. The lowest BCUT2D eigenvalue weighted by molar-refractivity contribution is 0.0490. The maximum Gasteiger partial charge on any atom is 0.341 e. The van der Waals surface area contributed by atoms with Gasteiger partial charge >= 0.3 is 5.97 Å². The number of benzene rings is 2. The molecule has 0 aliphatic heterocycles. The van der Waals surface area contributed by atoms with E-state index in [0.717, 1.165) is 38.1 Å². The zero-order valence-electron chi connectivity index (χ0n) is 18.0. The minimum Gasteiger partial charge on any atom is -0.497 e. The third-order valence-electron chi connectivity index (χ3n) is 5.12. The maximum atomic E-state index is 12.2. The van der Waals surface area contributed by atoms with Crippen LogP contribution in [0.1, 0.15) is 42.6 Å². The van der Waals surface area contributed by atoms with Gasteiger partial charge in [-0.3, -0.25) is 0 Å². The summed E-state index contributed by atoms with van der Waals surface area (Å²) in [6, 6.07) is 15.8. The Hall–Kier alpha value is -2.53. The molecule has 0 aliphatic rings. The van der Waals surface area contributed by atoms with E-state index in [1.165, 1.54) is 5.56 Å². The minimum atomic E-state index is -0.331. The van der Waals surface area contributed by atoms with Gasteiger partial charge in [0.05, 0.1) is 20.8 Å². The highest BCUT2D eigenvalue weighted by molar-refractivity contribution is 5.92. The number of methoxy groups -OCH3 is 2. The monoisotopic (exact) mass is 399 g/mol. The van der Waals surface area contributed by atoms with Crippen molar-refractivity contribution in [3.63, 3.8) is 0 Å². The van der Waals surface area contributed by atoms with E-state index in [4.69, 9.17) is 14.2 Å². The van der Waals surface area contributed by atoms with E-state index in [2.05, 4.69) is 30.9 Å². The maximum absolute atomic E-state index is 12.2. The number of nitrogens with zero attached hydrogens (tertiary/aromatic N) is 1. The van der Waals surface area contributed by atoms with Crippen molar-refractivity contribution in [3.05, 3.63) is 59.7 Å². The average molecular weight is 400 g/mol. The zero-order chi connectivity index (χ0) is 21.1. The van der Waals surface area contributed by atoms with Crippen LogP contribution in [0.25, 0.3) is 0 Å². The topological polar surface area (TPSA) is 48.0 Å². The predicted molar refractivity (Wildman–Crippen MR) is 116 cm³/mol. The molecule has 1 atom stereocenters. The summed E-state index contributed by atoms with van der Waals surface area (Å²) in [7, 11) is 3.24. The van der Waals surface area contributed by atoms with Gasteiger partial charge in [-0.05, 0) is 69.1 Å². The normalized spacial score (nSPS) is 11.9. The van der Waals surface area contributed by atoms with Gasteiger partial charge in [-0.1, -0.05) is 31.2 Å². The number of ether oxygens (including phenoxy) is 3. The molecule has 2 aromatic carbocycles. The molecule has 158 valence electrons. The molecule has 2 aromatic rings. The molecule has 0 amide bonds. The van der Waals surface area contributed by atoms with Crippen molar-refractivity contribution in [1.82, 2.24) is 4.90 Å². The lowest BCUT2D eigenvalue weighted by Crippen LogP contribution is -2.35. The first-order valence-corrected chi connectivity index (χ1v) is 10.3. The Balaban J connectivity index is 1.72. The Labute approximate surface area is 174 Å². The second-order valence-electron chi connectivity index (χ2n) is 7.07. The van der Waals surface area contributed by atoms with Gasteiger partial charge in [0.25, 0.3) is 0 Å². The molecule has 0 aliphatic carbocycles. The Morgan fingerprint density at radius 1 is 1.00 bits per heavy atom. The molecule has 5 nitrogen and oxygen atoms in total. The van der Waals surface area contributed by atoms with Crippen molar-refractivity contribution >= 4 is 5.97 Å². The lowest BCUT2D eigenvalue weighted by atomic mass is 10.1. The van der Waals surface area contributed by atoms with Crippen molar-refractivity contribution in [1.29, 1.82) is 0 Å². The van der Waals surface area contributed by atoms with Crippen LogP contribution in [-0.4, -0.2) is 50.8 Å². The summed E-state index contributed by atoms with van der Waals surface area (Å²) in [5, 5.41) is 0. The molecule has 0 saturated carbocycles. The number of esters is 1. The molecule has 0 bridgehead atoms. The van der Waals surface area contributed by atoms with E-state index < -0.39 is 0 Å². The molecule has 0 radical (unpaired) electrons. The van der Waals surface area contributed by atoms with E-state index >= 15 is 0 Å². The summed E-state index contributed by atoms with van der Waals surface area (Å²) in [6.07, 6.45) is 2.83. The molecule has 0 aromatic heterocycles. The third kappa shape index (κ3) is 7.09. The molecule has 1 unspecified atom stereocenters. The van der Waals surface area contributed by atoms with E-state index in [1.807, 2.05) is 24.3 Å². The Kier molecular flexibility index (Phi) is 9.51. The predicted octanol–water partition coefficient (Wildman–Crippen LogP) is 4.59. The number of likely N-dealkylation sites (N-methyl/N-ethyl adjacent to an activating group) is 1. The largest absolute Gasteiger partial charge is 0.497 e. The van der Waals surface area contributed by atoms with E-state index in [0.29, 0.717) is 24.0 Å². The molecular weight excluding hydrogens is 366 g/mol. The van der Waals surface area contributed by atoms with Crippen molar-refractivity contribution in [2.45, 2.75) is 39.2 Å². The van der Waals surface area contributed by atoms with Crippen LogP contribution < -0.4 is 9.47 Å².